The molecule has 0 spiro atoms. The van der Waals surface area contributed by atoms with Gasteiger partial charge in [-0.1, -0.05) is 26.2 Å². The van der Waals surface area contributed by atoms with Crippen LogP contribution in [0.3, 0.4) is 0 Å². The number of nitrogens with zero attached hydrogens (tertiary/aromatic N) is 2. The highest BCUT2D eigenvalue weighted by Gasteiger charge is 2.18. The van der Waals surface area contributed by atoms with Crippen LogP contribution in [0.5, 0.6) is 0 Å². The van der Waals surface area contributed by atoms with Gasteiger partial charge in [-0.05, 0) is 36.8 Å². The summed E-state index contributed by atoms with van der Waals surface area (Å²) < 4.78 is 0. The van der Waals surface area contributed by atoms with Crippen molar-refractivity contribution in [3.05, 3.63) is 23.9 Å². The van der Waals surface area contributed by atoms with Gasteiger partial charge in [0.15, 0.2) is 0 Å². The lowest BCUT2D eigenvalue weighted by atomic mass is 9.81. The van der Waals surface area contributed by atoms with Crippen molar-refractivity contribution in [1.29, 1.82) is 5.26 Å². The van der Waals surface area contributed by atoms with Crippen LogP contribution in [0, 0.1) is 23.2 Å². The van der Waals surface area contributed by atoms with E-state index in [1.54, 1.807) is 12.3 Å². The van der Waals surface area contributed by atoms with Gasteiger partial charge in [-0.15, -0.1) is 0 Å². The van der Waals surface area contributed by atoms with E-state index in [9.17, 15) is 0 Å². The molecule has 1 aliphatic rings. The van der Waals surface area contributed by atoms with Crippen molar-refractivity contribution < 1.29 is 0 Å². The van der Waals surface area contributed by atoms with E-state index < -0.39 is 0 Å². The molecule has 3 nitrogen and oxygen atoms in total. The zero-order chi connectivity index (χ0) is 12.8. The Balaban J connectivity index is 1.76. The van der Waals surface area contributed by atoms with Crippen LogP contribution in [-0.2, 0) is 0 Å². The minimum Gasteiger partial charge on any atom is -0.370 e. The fourth-order valence-electron chi connectivity index (χ4n) is 2.82. The van der Waals surface area contributed by atoms with Crippen LogP contribution in [0.15, 0.2) is 18.3 Å². The van der Waals surface area contributed by atoms with E-state index in [4.69, 9.17) is 5.26 Å². The Hall–Kier alpha value is -1.56. The minimum absolute atomic E-state index is 0.666. The molecule has 0 aromatic carbocycles. The van der Waals surface area contributed by atoms with Crippen molar-refractivity contribution in [3.63, 3.8) is 0 Å². The maximum absolute atomic E-state index is 8.81. The zero-order valence-electron chi connectivity index (χ0n) is 11.0. The number of nitriles is 1. The Morgan fingerprint density at radius 1 is 1.50 bits per heavy atom. The second-order valence-corrected chi connectivity index (χ2v) is 5.39. The van der Waals surface area contributed by atoms with E-state index in [-0.39, 0.29) is 0 Å². The van der Waals surface area contributed by atoms with Gasteiger partial charge in [-0.3, -0.25) is 0 Å². The summed E-state index contributed by atoms with van der Waals surface area (Å²) in [5, 5.41) is 12.1. The number of anilines is 1. The largest absolute Gasteiger partial charge is 0.370 e. The Morgan fingerprint density at radius 3 is 3.17 bits per heavy atom. The summed E-state index contributed by atoms with van der Waals surface area (Å²) in [5.74, 6) is 2.57. The third kappa shape index (κ3) is 3.73. The van der Waals surface area contributed by atoms with Crippen molar-refractivity contribution in [2.24, 2.45) is 11.8 Å². The van der Waals surface area contributed by atoms with Gasteiger partial charge >= 0.3 is 0 Å². The Morgan fingerprint density at radius 2 is 2.39 bits per heavy atom. The number of rotatable bonds is 4. The first-order valence-electron chi connectivity index (χ1n) is 6.88. The summed E-state index contributed by atoms with van der Waals surface area (Å²) in [7, 11) is 0. The molecule has 2 atom stereocenters. The minimum atomic E-state index is 0.666. The van der Waals surface area contributed by atoms with Crippen LogP contribution in [0.1, 0.15) is 44.6 Å². The van der Waals surface area contributed by atoms with Crippen molar-refractivity contribution in [2.75, 3.05) is 11.9 Å². The summed E-state index contributed by atoms with van der Waals surface area (Å²) in [4.78, 5) is 4.22. The smallest absolute Gasteiger partial charge is 0.127 e. The van der Waals surface area contributed by atoms with E-state index >= 15 is 0 Å². The molecule has 0 radical (unpaired) electrons. The summed E-state index contributed by atoms with van der Waals surface area (Å²) in [6.07, 6.45) is 8.42. The van der Waals surface area contributed by atoms with Crippen LogP contribution in [0.2, 0.25) is 0 Å². The molecular weight excluding hydrogens is 222 g/mol. The number of hydrogen-bond acceptors (Lipinski definition) is 3. The molecular formula is C15H21N3. The molecule has 1 heterocycles. The van der Waals surface area contributed by atoms with E-state index in [0.717, 1.165) is 24.2 Å². The Kier molecular flexibility index (Phi) is 4.58. The molecule has 18 heavy (non-hydrogen) atoms. The molecule has 1 aromatic rings. The molecule has 2 rings (SSSR count). The predicted molar refractivity (Wildman–Crippen MR) is 73.2 cm³/mol. The summed E-state index contributed by atoms with van der Waals surface area (Å²) in [6.45, 7) is 3.32. The van der Waals surface area contributed by atoms with E-state index in [1.807, 2.05) is 6.07 Å². The molecule has 2 unspecified atom stereocenters. The Labute approximate surface area is 109 Å². The van der Waals surface area contributed by atoms with Crippen LogP contribution < -0.4 is 5.32 Å². The van der Waals surface area contributed by atoms with Gasteiger partial charge < -0.3 is 5.32 Å². The first kappa shape index (κ1) is 12.9. The highest BCUT2D eigenvalue weighted by Crippen LogP contribution is 2.30. The molecule has 1 N–H and O–H groups in total. The van der Waals surface area contributed by atoms with Crippen LogP contribution >= 0.6 is 0 Å². The molecule has 0 aliphatic heterocycles. The summed E-state index contributed by atoms with van der Waals surface area (Å²) >= 11 is 0. The van der Waals surface area contributed by atoms with Crippen molar-refractivity contribution >= 4 is 5.82 Å². The van der Waals surface area contributed by atoms with E-state index in [1.165, 1.54) is 32.1 Å². The molecule has 1 aliphatic carbocycles. The van der Waals surface area contributed by atoms with Gasteiger partial charge in [0.2, 0.25) is 0 Å². The highest BCUT2D eigenvalue weighted by atomic mass is 15.0. The fraction of sp³-hybridized carbons (Fsp3) is 0.600. The highest BCUT2D eigenvalue weighted by molar-refractivity contribution is 5.42. The van der Waals surface area contributed by atoms with Gasteiger partial charge in [-0.2, -0.15) is 5.26 Å². The molecule has 1 fully saturated rings. The number of hydrogen-bond donors (Lipinski definition) is 1. The van der Waals surface area contributed by atoms with Gasteiger partial charge in [0.05, 0.1) is 11.6 Å². The normalized spacial score (nSPS) is 23.3. The molecule has 1 saturated carbocycles. The monoisotopic (exact) mass is 243 g/mol. The zero-order valence-corrected chi connectivity index (χ0v) is 11.0. The van der Waals surface area contributed by atoms with Crippen molar-refractivity contribution in [2.45, 2.75) is 39.0 Å². The molecule has 0 saturated heterocycles. The number of pyridine rings is 1. The van der Waals surface area contributed by atoms with Crippen LogP contribution in [-0.4, -0.2) is 11.5 Å². The van der Waals surface area contributed by atoms with Crippen molar-refractivity contribution in [3.8, 4) is 6.07 Å². The van der Waals surface area contributed by atoms with E-state index in [0.29, 0.717) is 5.56 Å². The van der Waals surface area contributed by atoms with Gasteiger partial charge in [0, 0.05) is 12.7 Å². The predicted octanol–water partition coefficient (Wildman–Crippen LogP) is 3.58. The Bertz CT molecular complexity index is 422. The average molecular weight is 243 g/mol. The van der Waals surface area contributed by atoms with Crippen LogP contribution in [0.25, 0.3) is 0 Å². The molecule has 0 amide bonds. The maximum atomic E-state index is 8.81. The SMILES string of the molecule is CC1CCCC(CCNc2cc(C#N)ccn2)C1. The van der Waals surface area contributed by atoms with Gasteiger partial charge in [-0.25, -0.2) is 4.98 Å². The summed E-state index contributed by atoms with van der Waals surface area (Å²) in [6, 6.07) is 5.67. The van der Waals surface area contributed by atoms with Crippen molar-refractivity contribution in [1.82, 2.24) is 4.98 Å². The van der Waals surface area contributed by atoms with E-state index in [2.05, 4.69) is 23.3 Å². The maximum Gasteiger partial charge on any atom is 0.127 e. The third-order valence-corrected chi connectivity index (χ3v) is 3.79. The summed E-state index contributed by atoms with van der Waals surface area (Å²) in [5.41, 5.74) is 0.666. The third-order valence-electron chi connectivity index (χ3n) is 3.79. The van der Waals surface area contributed by atoms with Gasteiger partial charge in [0.25, 0.3) is 0 Å². The molecule has 96 valence electrons. The average Bonchev–Trinajstić information content (AvgIpc) is 2.39. The first-order valence-corrected chi connectivity index (χ1v) is 6.88. The fourth-order valence-corrected chi connectivity index (χ4v) is 2.82. The van der Waals surface area contributed by atoms with Gasteiger partial charge in [0.1, 0.15) is 5.82 Å². The standard InChI is InChI=1S/C15H21N3/c1-12-3-2-4-13(9-12)5-7-17-15-10-14(11-16)6-8-18-15/h6,8,10,12-13H,2-5,7,9H2,1H3,(H,17,18). The lowest BCUT2D eigenvalue weighted by Crippen LogP contribution is -2.16. The molecule has 1 aromatic heterocycles. The first-order chi connectivity index (χ1) is 8.78. The van der Waals surface area contributed by atoms with Crippen LogP contribution in [0.4, 0.5) is 5.82 Å². The molecule has 3 heteroatoms. The number of aromatic nitrogens is 1. The second-order valence-electron chi connectivity index (χ2n) is 5.39. The lowest BCUT2D eigenvalue weighted by Gasteiger charge is -2.26. The lowest BCUT2D eigenvalue weighted by molar-refractivity contribution is 0.274. The number of nitrogens with one attached hydrogen (secondary N) is 1. The quantitative estimate of drug-likeness (QED) is 0.879. The topological polar surface area (TPSA) is 48.7 Å². The molecule has 0 bridgehead atoms. The second kappa shape index (κ2) is 6.39.